The molecule has 2 rings (SSSR count). The lowest BCUT2D eigenvalue weighted by Gasteiger charge is -2.21. The van der Waals surface area contributed by atoms with Crippen molar-refractivity contribution in [2.45, 2.75) is 32.9 Å². The average Bonchev–Trinajstić information content (AvgIpc) is 2.45. The van der Waals surface area contributed by atoms with Gasteiger partial charge in [0.25, 0.3) is 0 Å². The minimum Gasteiger partial charge on any atom is -0.328 e. The van der Waals surface area contributed by atoms with Crippen LogP contribution in [-0.4, -0.2) is 22.6 Å². The van der Waals surface area contributed by atoms with Gasteiger partial charge >= 0.3 is 0 Å². The Morgan fingerprint density at radius 2 is 1.75 bits per heavy atom. The minimum atomic E-state index is 0.0845. The molecule has 0 saturated heterocycles. The van der Waals surface area contributed by atoms with Gasteiger partial charge in [-0.15, -0.1) is 0 Å². The quantitative estimate of drug-likeness (QED) is 0.926. The standard InChI is InChI=1S/C16H22N4/c1-16(2,3)19-11-13-10-18-15(12-17-13)20(4)14-8-6-5-7-9-14/h5-10,12,19H,11H2,1-4H3. The summed E-state index contributed by atoms with van der Waals surface area (Å²) in [6.07, 6.45) is 3.64. The zero-order valence-electron chi connectivity index (χ0n) is 12.6. The summed E-state index contributed by atoms with van der Waals surface area (Å²) in [7, 11) is 1.99. The number of para-hydroxylation sites is 1. The van der Waals surface area contributed by atoms with Crippen molar-refractivity contribution >= 4 is 11.5 Å². The van der Waals surface area contributed by atoms with Crippen LogP contribution in [0.15, 0.2) is 42.7 Å². The largest absolute Gasteiger partial charge is 0.328 e. The molecule has 106 valence electrons. The number of hydrogen-bond acceptors (Lipinski definition) is 4. The second-order valence-electron chi connectivity index (χ2n) is 5.86. The van der Waals surface area contributed by atoms with Crippen LogP contribution in [0.2, 0.25) is 0 Å². The Balaban J connectivity index is 2.05. The molecule has 4 heteroatoms. The lowest BCUT2D eigenvalue weighted by molar-refractivity contribution is 0.421. The molecule has 20 heavy (non-hydrogen) atoms. The van der Waals surface area contributed by atoms with Crippen LogP contribution in [0.25, 0.3) is 0 Å². The van der Waals surface area contributed by atoms with Crippen molar-refractivity contribution in [3.8, 4) is 0 Å². The van der Waals surface area contributed by atoms with Gasteiger partial charge < -0.3 is 10.2 Å². The van der Waals surface area contributed by atoms with E-state index < -0.39 is 0 Å². The Labute approximate surface area is 120 Å². The minimum absolute atomic E-state index is 0.0845. The zero-order valence-corrected chi connectivity index (χ0v) is 12.6. The van der Waals surface area contributed by atoms with E-state index in [9.17, 15) is 0 Å². The van der Waals surface area contributed by atoms with E-state index in [0.717, 1.165) is 23.7 Å². The molecule has 0 spiro atoms. The molecule has 1 aromatic carbocycles. The average molecular weight is 270 g/mol. The number of anilines is 2. The molecular weight excluding hydrogens is 248 g/mol. The molecule has 0 radical (unpaired) electrons. The van der Waals surface area contributed by atoms with Gasteiger partial charge in [0.1, 0.15) is 0 Å². The normalized spacial score (nSPS) is 11.4. The van der Waals surface area contributed by atoms with Gasteiger partial charge in [0.15, 0.2) is 5.82 Å². The number of aromatic nitrogens is 2. The molecule has 4 nitrogen and oxygen atoms in total. The molecule has 0 aliphatic carbocycles. The third-order valence-electron chi connectivity index (χ3n) is 2.98. The molecular formula is C16H22N4. The lowest BCUT2D eigenvalue weighted by atomic mass is 10.1. The lowest BCUT2D eigenvalue weighted by Crippen LogP contribution is -2.35. The molecule has 2 aromatic rings. The molecule has 0 bridgehead atoms. The highest BCUT2D eigenvalue weighted by atomic mass is 15.2. The maximum Gasteiger partial charge on any atom is 0.151 e. The Bertz CT molecular complexity index is 529. The third kappa shape index (κ3) is 4.03. The summed E-state index contributed by atoms with van der Waals surface area (Å²) in [5.74, 6) is 0.843. The van der Waals surface area contributed by atoms with Gasteiger partial charge in [-0.1, -0.05) is 18.2 Å². The first-order valence-electron chi connectivity index (χ1n) is 6.80. The van der Waals surface area contributed by atoms with E-state index in [-0.39, 0.29) is 5.54 Å². The smallest absolute Gasteiger partial charge is 0.151 e. The maximum absolute atomic E-state index is 4.48. The van der Waals surface area contributed by atoms with Crippen LogP contribution in [0.3, 0.4) is 0 Å². The van der Waals surface area contributed by atoms with Crippen LogP contribution in [0.5, 0.6) is 0 Å². The number of nitrogens with one attached hydrogen (secondary N) is 1. The number of rotatable bonds is 4. The van der Waals surface area contributed by atoms with Gasteiger partial charge in [-0.2, -0.15) is 0 Å². The van der Waals surface area contributed by atoms with Gasteiger partial charge in [-0.25, -0.2) is 4.98 Å². The fourth-order valence-electron chi connectivity index (χ4n) is 1.75. The van der Waals surface area contributed by atoms with E-state index in [1.165, 1.54) is 0 Å². The van der Waals surface area contributed by atoms with Crippen molar-refractivity contribution in [1.82, 2.24) is 15.3 Å². The Morgan fingerprint density at radius 3 is 2.30 bits per heavy atom. The third-order valence-corrected chi connectivity index (χ3v) is 2.98. The van der Waals surface area contributed by atoms with Crippen LogP contribution in [0.4, 0.5) is 11.5 Å². The Kier molecular flexibility index (Phi) is 4.35. The van der Waals surface area contributed by atoms with E-state index in [1.54, 1.807) is 0 Å². The van der Waals surface area contributed by atoms with E-state index in [0.29, 0.717) is 0 Å². The SMILES string of the molecule is CN(c1ccccc1)c1cnc(CNC(C)(C)C)cn1. The first kappa shape index (κ1) is 14.5. The summed E-state index contributed by atoms with van der Waals surface area (Å²) in [6, 6.07) is 10.1. The second-order valence-corrected chi connectivity index (χ2v) is 5.86. The molecule has 0 atom stereocenters. The van der Waals surface area contributed by atoms with Crippen LogP contribution >= 0.6 is 0 Å². The van der Waals surface area contributed by atoms with E-state index in [1.807, 2.05) is 42.5 Å². The predicted molar refractivity (Wildman–Crippen MR) is 83.1 cm³/mol. The van der Waals surface area contributed by atoms with Crippen molar-refractivity contribution in [3.63, 3.8) is 0 Å². The predicted octanol–water partition coefficient (Wildman–Crippen LogP) is 3.13. The van der Waals surface area contributed by atoms with Crippen molar-refractivity contribution < 1.29 is 0 Å². The fraction of sp³-hybridized carbons (Fsp3) is 0.375. The molecule has 0 fully saturated rings. The summed E-state index contributed by atoms with van der Waals surface area (Å²) in [4.78, 5) is 11.0. The fourth-order valence-corrected chi connectivity index (χ4v) is 1.75. The van der Waals surface area contributed by atoms with Crippen LogP contribution in [-0.2, 0) is 6.54 Å². The topological polar surface area (TPSA) is 41.1 Å². The first-order valence-corrected chi connectivity index (χ1v) is 6.80. The number of benzene rings is 1. The van der Waals surface area contributed by atoms with Crippen molar-refractivity contribution in [2.24, 2.45) is 0 Å². The molecule has 1 aromatic heterocycles. The Hall–Kier alpha value is -1.94. The summed E-state index contributed by atoms with van der Waals surface area (Å²) < 4.78 is 0. The van der Waals surface area contributed by atoms with Crippen molar-refractivity contribution in [3.05, 3.63) is 48.4 Å². The van der Waals surface area contributed by atoms with Gasteiger partial charge in [0, 0.05) is 24.8 Å². The summed E-state index contributed by atoms with van der Waals surface area (Å²) in [6.45, 7) is 7.14. The molecule has 0 saturated carbocycles. The second kappa shape index (κ2) is 6.01. The van der Waals surface area contributed by atoms with E-state index >= 15 is 0 Å². The monoisotopic (exact) mass is 270 g/mol. The van der Waals surface area contributed by atoms with E-state index in [2.05, 4.69) is 48.2 Å². The van der Waals surface area contributed by atoms with Crippen LogP contribution in [0.1, 0.15) is 26.5 Å². The highest BCUT2D eigenvalue weighted by molar-refractivity contribution is 5.57. The highest BCUT2D eigenvalue weighted by Gasteiger charge is 2.10. The van der Waals surface area contributed by atoms with Gasteiger partial charge in [0.05, 0.1) is 18.1 Å². The van der Waals surface area contributed by atoms with E-state index in [4.69, 9.17) is 0 Å². The Morgan fingerprint density at radius 1 is 1.05 bits per heavy atom. The molecule has 0 unspecified atom stereocenters. The summed E-state index contributed by atoms with van der Waals surface area (Å²) >= 11 is 0. The molecule has 0 amide bonds. The van der Waals surface area contributed by atoms with Gasteiger partial charge in [0.2, 0.25) is 0 Å². The van der Waals surface area contributed by atoms with Crippen molar-refractivity contribution in [1.29, 1.82) is 0 Å². The number of nitrogens with zero attached hydrogens (tertiary/aromatic N) is 3. The molecule has 0 aliphatic rings. The highest BCUT2D eigenvalue weighted by Crippen LogP contribution is 2.19. The van der Waals surface area contributed by atoms with Crippen molar-refractivity contribution in [2.75, 3.05) is 11.9 Å². The van der Waals surface area contributed by atoms with Crippen LogP contribution < -0.4 is 10.2 Å². The number of hydrogen-bond donors (Lipinski definition) is 1. The van der Waals surface area contributed by atoms with Crippen LogP contribution in [0, 0.1) is 0 Å². The van der Waals surface area contributed by atoms with Gasteiger partial charge in [-0.3, -0.25) is 4.98 Å². The molecule has 1 heterocycles. The summed E-state index contributed by atoms with van der Waals surface area (Å²) in [5, 5.41) is 3.40. The van der Waals surface area contributed by atoms with Gasteiger partial charge in [-0.05, 0) is 32.9 Å². The summed E-state index contributed by atoms with van der Waals surface area (Å²) in [5.41, 5.74) is 2.13. The zero-order chi connectivity index (χ0) is 14.6. The first-order chi connectivity index (χ1) is 9.46. The molecule has 0 aliphatic heterocycles. The molecule has 1 N–H and O–H groups in total. The maximum atomic E-state index is 4.48.